The molecule has 0 spiro atoms. The van der Waals surface area contributed by atoms with Gasteiger partial charge >= 0.3 is 0 Å². The highest BCUT2D eigenvalue weighted by Gasteiger charge is 2.22. The minimum absolute atomic E-state index is 0.265. The quantitative estimate of drug-likeness (QED) is 0.404. The highest BCUT2D eigenvalue weighted by atomic mass is 16.2. The van der Waals surface area contributed by atoms with Gasteiger partial charge in [0.1, 0.15) is 0 Å². The predicted molar refractivity (Wildman–Crippen MR) is 95.7 cm³/mol. The third-order valence-corrected chi connectivity index (χ3v) is 4.54. The van der Waals surface area contributed by atoms with Crippen molar-refractivity contribution in [3.63, 3.8) is 0 Å². The fourth-order valence-electron chi connectivity index (χ4n) is 3.42. The average molecular weight is 308 g/mol. The third kappa shape index (κ3) is 1.82. The Bertz CT molecular complexity index is 1180. The molecule has 1 aliphatic heterocycles. The normalized spacial score (nSPS) is 12.9. The van der Waals surface area contributed by atoms with Crippen LogP contribution in [0, 0.1) is 0 Å². The van der Waals surface area contributed by atoms with Gasteiger partial charge in [0.05, 0.1) is 11.3 Å². The van der Waals surface area contributed by atoms with E-state index in [2.05, 4.69) is 46.6 Å². The summed E-state index contributed by atoms with van der Waals surface area (Å²) in [5.41, 5.74) is 3.17. The molecule has 0 aliphatic carbocycles. The standard InChI is InChI=1S/C21H12N2O/c24-21-20-17(9-4-10-19(20)22-23-21)16-8-3-7-15-11-13-5-1-2-6-14(13)12-18(15)16/h1-12H. The highest BCUT2D eigenvalue weighted by Crippen LogP contribution is 2.39. The maximum atomic E-state index is 12.1. The lowest BCUT2D eigenvalue weighted by Gasteiger charge is -2.11. The van der Waals surface area contributed by atoms with E-state index in [-0.39, 0.29) is 5.91 Å². The van der Waals surface area contributed by atoms with Crippen LogP contribution in [0.15, 0.2) is 83.0 Å². The molecule has 0 bridgehead atoms. The van der Waals surface area contributed by atoms with Crippen LogP contribution in [0.5, 0.6) is 0 Å². The average Bonchev–Trinajstić information content (AvgIpc) is 3.01. The van der Waals surface area contributed by atoms with Crippen molar-refractivity contribution in [1.29, 1.82) is 0 Å². The summed E-state index contributed by atoms with van der Waals surface area (Å²) < 4.78 is 0. The van der Waals surface area contributed by atoms with Crippen LogP contribution < -0.4 is 0 Å². The van der Waals surface area contributed by atoms with Crippen LogP contribution in [0.25, 0.3) is 32.7 Å². The number of nitrogens with zero attached hydrogens (tertiary/aromatic N) is 2. The summed E-state index contributed by atoms with van der Waals surface area (Å²) in [6.45, 7) is 0. The number of azo groups is 1. The van der Waals surface area contributed by atoms with E-state index in [0.29, 0.717) is 11.3 Å². The molecule has 0 fully saturated rings. The van der Waals surface area contributed by atoms with Gasteiger partial charge in [0.2, 0.25) is 0 Å². The summed E-state index contributed by atoms with van der Waals surface area (Å²) in [6, 6.07) is 24.6. The van der Waals surface area contributed by atoms with E-state index in [0.717, 1.165) is 21.9 Å². The zero-order chi connectivity index (χ0) is 16.1. The van der Waals surface area contributed by atoms with E-state index >= 15 is 0 Å². The summed E-state index contributed by atoms with van der Waals surface area (Å²) in [5.74, 6) is -0.265. The number of benzene rings is 4. The Morgan fingerprint density at radius 1 is 0.625 bits per heavy atom. The predicted octanol–water partition coefficient (Wildman–Crippen LogP) is 5.90. The molecule has 1 heterocycles. The molecule has 0 atom stereocenters. The van der Waals surface area contributed by atoms with Crippen LogP contribution in [0.3, 0.4) is 0 Å². The summed E-state index contributed by atoms with van der Waals surface area (Å²) in [6.07, 6.45) is 0. The molecule has 112 valence electrons. The Morgan fingerprint density at radius 2 is 1.33 bits per heavy atom. The molecule has 5 rings (SSSR count). The number of carbonyl (C=O) groups is 1. The lowest BCUT2D eigenvalue weighted by molar-refractivity contribution is 0.100. The van der Waals surface area contributed by atoms with Gasteiger partial charge in [-0.3, -0.25) is 4.79 Å². The molecule has 3 nitrogen and oxygen atoms in total. The van der Waals surface area contributed by atoms with Crippen molar-refractivity contribution in [3.05, 3.63) is 78.4 Å². The molecular weight excluding hydrogens is 296 g/mol. The summed E-state index contributed by atoms with van der Waals surface area (Å²) in [7, 11) is 0. The van der Waals surface area contributed by atoms with E-state index in [4.69, 9.17) is 0 Å². The minimum atomic E-state index is -0.265. The second kappa shape index (κ2) is 4.83. The summed E-state index contributed by atoms with van der Waals surface area (Å²) in [4.78, 5) is 12.1. The van der Waals surface area contributed by atoms with Crippen molar-refractivity contribution in [2.24, 2.45) is 10.2 Å². The van der Waals surface area contributed by atoms with Crippen LogP contribution in [0.4, 0.5) is 5.69 Å². The number of hydrogen-bond donors (Lipinski definition) is 0. The number of carbonyl (C=O) groups excluding carboxylic acids is 1. The first-order chi connectivity index (χ1) is 11.8. The first-order valence-corrected chi connectivity index (χ1v) is 7.82. The fraction of sp³-hybridized carbons (Fsp3) is 0. The number of fused-ring (bicyclic) bond motifs is 3. The van der Waals surface area contributed by atoms with E-state index in [1.807, 2.05) is 36.4 Å². The first kappa shape index (κ1) is 13.1. The van der Waals surface area contributed by atoms with Crippen molar-refractivity contribution in [2.75, 3.05) is 0 Å². The van der Waals surface area contributed by atoms with Gasteiger partial charge in [-0.1, -0.05) is 54.6 Å². The molecule has 0 radical (unpaired) electrons. The van der Waals surface area contributed by atoms with E-state index in [1.54, 1.807) is 0 Å². The summed E-state index contributed by atoms with van der Waals surface area (Å²) in [5, 5.41) is 12.4. The molecule has 0 N–H and O–H groups in total. The topological polar surface area (TPSA) is 41.8 Å². The van der Waals surface area contributed by atoms with E-state index < -0.39 is 0 Å². The SMILES string of the molecule is O=C1N=Nc2cccc(-c3cccc4cc5ccccc5cc34)c21. The van der Waals surface area contributed by atoms with E-state index in [9.17, 15) is 4.79 Å². The van der Waals surface area contributed by atoms with Gasteiger partial charge in [0, 0.05) is 0 Å². The molecule has 1 aliphatic rings. The Kier molecular flexibility index (Phi) is 2.65. The third-order valence-electron chi connectivity index (χ3n) is 4.54. The van der Waals surface area contributed by atoms with Crippen LogP contribution in [0.1, 0.15) is 10.4 Å². The van der Waals surface area contributed by atoms with Crippen molar-refractivity contribution in [1.82, 2.24) is 0 Å². The van der Waals surface area contributed by atoms with Gasteiger partial charge in [-0.2, -0.15) is 0 Å². The maximum Gasteiger partial charge on any atom is 0.298 e. The zero-order valence-electron chi connectivity index (χ0n) is 12.7. The van der Waals surface area contributed by atoms with E-state index in [1.165, 1.54) is 10.8 Å². The van der Waals surface area contributed by atoms with Crippen LogP contribution in [-0.4, -0.2) is 5.91 Å². The highest BCUT2D eigenvalue weighted by molar-refractivity contribution is 6.12. The molecule has 3 heteroatoms. The molecule has 0 saturated heterocycles. The zero-order valence-corrected chi connectivity index (χ0v) is 12.7. The van der Waals surface area contributed by atoms with Gasteiger partial charge in [-0.25, -0.2) is 0 Å². The number of hydrogen-bond acceptors (Lipinski definition) is 2. The lowest BCUT2D eigenvalue weighted by Crippen LogP contribution is -1.94. The lowest BCUT2D eigenvalue weighted by atomic mass is 9.92. The molecule has 0 aromatic heterocycles. The fourth-order valence-corrected chi connectivity index (χ4v) is 3.42. The molecule has 4 aromatic carbocycles. The minimum Gasteiger partial charge on any atom is -0.265 e. The van der Waals surface area contributed by atoms with Gasteiger partial charge in [-0.15, -0.1) is 10.2 Å². The Morgan fingerprint density at radius 3 is 2.21 bits per heavy atom. The molecule has 24 heavy (non-hydrogen) atoms. The number of amides is 1. The Hall–Kier alpha value is -3.33. The second-order valence-electron chi connectivity index (χ2n) is 5.93. The Labute approximate surface area is 138 Å². The van der Waals surface area contributed by atoms with Gasteiger partial charge < -0.3 is 0 Å². The van der Waals surface area contributed by atoms with Crippen molar-refractivity contribution in [2.45, 2.75) is 0 Å². The second-order valence-corrected chi connectivity index (χ2v) is 5.93. The Balaban J connectivity index is 1.87. The van der Waals surface area contributed by atoms with Crippen molar-refractivity contribution >= 4 is 33.1 Å². The molecule has 0 saturated carbocycles. The van der Waals surface area contributed by atoms with Gasteiger partial charge in [-0.05, 0) is 50.9 Å². The monoisotopic (exact) mass is 308 g/mol. The van der Waals surface area contributed by atoms with Crippen LogP contribution >= 0.6 is 0 Å². The number of rotatable bonds is 1. The molecular formula is C21H12N2O. The molecule has 4 aromatic rings. The largest absolute Gasteiger partial charge is 0.298 e. The molecule has 1 amide bonds. The van der Waals surface area contributed by atoms with Gasteiger partial charge in [0.15, 0.2) is 0 Å². The van der Waals surface area contributed by atoms with Crippen molar-refractivity contribution < 1.29 is 4.79 Å². The first-order valence-electron chi connectivity index (χ1n) is 7.82. The molecule has 0 unspecified atom stereocenters. The summed E-state index contributed by atoms with van der Waals surface area (Å²) >= 11 is 0. The van der Waals surface area contributed by atoms with Gasteiger partial charge in [0.25, 0.3) is 5.91 Å². The van der Waals surface area contributed by atoms with Crippen LogP contribution in [-0.2, 0) is 0 Å². The van der Waals surface area contributed by atoms with Crippen LogP contribution in [0.2, 0.25) is 0 Å². The van der Waals surface area contributed by atoms with Crippen molar-refractivity contribution in [3.8, 4) is 11.1 Å². The maximum absolute atomic E-state index is 12.1. The smallest absolute Gasteiger partial charge is 0.265 e.